The molecule has 4 rings (SSSR count). The predicted octanol–water partition coefficient (Wildman–Crippen LogP) is 1.34. The van der Waals surface area contributed by atoms with Crippen LogP contribution in [0, 0.1) is 0 Å². The third-order valence-corrected chi connectivity index (χ3v) is 5.06. The number of anilines is 1. The lowest BCUT2D eigenvalue weighted by Crippen LogP contribution is -2.28. The number of aromatic amines is 1. The van der Waals surface area contributed by atoms with E-state index in [1.807, 2.05) is 24.3 Å². The number of nitrogens with zero attached hydrogens (tertiary/aromatic N) is 4. The molecular weight excluding hydrogens is 408 g/mol. The first-order chi connectivity index (χ1) is 14.1. The van der Waals surface area contributed by atoms with Crippen molar-refractivity contribution >= 4 is 41.1 Å². The first-order valence-electron chi connectivity index (χ1n) is 9.74. The molecule has 1 aliphatic rings. The average molecular weight is 433 g/mol. The number of H-pyrrole nitrogens is 1. The Balaban J connectivity index is 0.00000256. The summed E-state index contributed by atoms with van der Waals surface area (Å²) in [6, 6.07) is 7.40. The van der Waals surface area contributed by atoms with E-state index in [9.17, 15) is 9.59 Å². The maximum absolute atomic E-state index is 12.3. The zero-order valence-electron chi connectivity index (χ0n) is 16.6. The summed E-state index contributed by atoms with van der Waals surface area (Å²) in [5, 5.41) is 20.9. The fraction of sp³-hybridized carbons (Fsp3) is 0.421. The molecule has 0 unspecified atom stereocenters. The van der Waals surface area contributed by atoms with Crippen LogP contribution < -0.4 is 16.0 Å². The quantitative estimate of drug-likeness (QED) is 0.465. The van der Waals surface area contributed by atoms with Gasteiger partial charge in [-0.25, -0.2) is 4.68 Å². The van der Waals surface area contributed by atoms with Gasteiger partial charge in [-0.15, -0.1) is 12.4 Å². The predicted molar refractivity (Wildman–Crippen MR) is 115 cm³/mol. The van der Waals surface area contributed by atoms with Gasteiger partial charge < -0.3 is 10.6 Å². The fourth-order valence-electron chi connectivity index (χ4n) is 3.46. The molecule has 0 radical (unpaired) electrons. The highest BCUT2D eigenvalue weighted by Crippen LogP contribution is 2.23. The van der Waals surface area contributed by atoms with Gasteiger partial charge in [0.05, 0.1) is 5.52 Å². The zero-order chi connectivity index (χ0) is 20.2. The number of amides is 2. The molecule has 0 spiro atoms. The Kier molecular flexibility index (Phi) is 7.01. The number of para-hydroxylation sites is 1. The number of nitrogens with one attached hydrogen (secondary N) is 4. The smallest absolute Gasteiger partial charge is 0.272 e. The summed E-state index contributed by atoms with van der Waals surface area (Å²) < 4.78 is 1.59. The summed E-state index contributed by atoms with van der Waals surface area (Å²) in [7, 11) is 1.76. The Morgan fingerprint density at radius 1 is 1.23 bits per heavy atom. The van der Waals surface area contributed by atoms with E-state index in [2.05, 4.69) is 36.2 Å². The van der Waals surface area contributed by atoms with Crippen LogP contribution in [0.3, 0.4) is 0 Å². The standard InChI is InChI=1S/C19H24N8O2.ClH/c1-27-19(23-17(26-27)12-6-9-20-10-7-12)22-15(28)8-11-21-18(29)16-13-4-2-3-5-14(13)24-25-16;/h2-5,12,20H,6-11H2,1H3,(H,21,29)(H,24,25)(H,22,23,26,28);1H. The van der Waals surface area contributed by atoms with E-state index in [1.165, 1.54) is 0 Å². The number of benzene rings is 1. The molecule has 1 aromatic carbocycles. The summed E-state index contributed by atoms with van der Waals surface area (Å²) in [4.78, 5) is 29.1. The minimum Gasteiger partial charge on any atom is -0.350 e. The van der Waals surface area contributed by atoms with E-state index in [1.54, 1.807) is 11.7 Å². The van der Waals surface area contributed by atoms with Crippen LogP contribution in [0.2, 0.25) is 0 Å². The number of halogens is 1. The van der Waals surface area contributed by atoms with Crippen molar-refractivity contribution in [1.29, 1.82) is 0 Å². The lowest BCUT2D eigenvalue weighted by atomic mass is 9.98. The largest absolute Gasteiger partial charge is 0.350 e. The molecule has 3 aromatic rings. The Hall–Kier alpha value is -2.98. The molecule has 1 saturated heterocycles. The molecule has 1 fully saturated rings. The number of hydrogen-bond acceptors (Lipinski definition) is 6. The van der Waals surface area contributed by atoms with Gasteiger partial charge in [0, 0.05) is 31.3 Å². The maximum Gasteiger partial charge on any atom is 0.272 e. The number of rotatable bonds is 6. The molecular formula is C19H25ClN8O2. The van der Waals surface area contributed by atoms with Crippen molar-refractivity contribution in [2.45, 2.75) is 25.2 Å². The number of carbonyl (C=O) groups excluding carboxylic acids is 2. The Morgan fingerprint density at radius 2 is 2.00 bits per heavy atom. The molecule has 10 nitrogen and oxygen atoms in total. The zero-order valence-corrected chi connectivity index (χ0v) is 17.5. The number of hydrogen-bond donors (Lipinski definition) is 4. The summed E-state index contributed by atoms with van der Waals surface area (Å²) in [6.07, 6.45) is 2.11. The number of aromatic nitrogens is 5. The van der Waals surface area contributed by atoms with Crippen molar-refractivity contribution in [1.82, 2.24) is 35.6 Å². The first-order valence-corrected chi connectivity index (χ1v) is 9.74. The molecule has 0 bridgehead atoms. The van der Waals surface area contributed by atoms with Crippen LogP contribution >= 0.6 is 12.4 Å². The highest BCUT2D eigenvalue weighted by atomic mass is 35.5. The summed E-state index contributed by atoms with van der Waals surface area (Å²) in [5.74, 6) is 0.957. The van der Waals surface area contributed by atoms with Gasteiger partial charge in [-0.1, -0.05) is 18.2 Å². The summed E-state index contributed by atoms with van der Waals surface area (Å²) in [5.41, 5.74) is 1.11. The van der Waals surface area contributed by atoms with E-state index in [4.69, 9.17) is 0 Å². The molecule has 0 atom stereocenters. The second-order valence-electron chi connectivity index (χ2n) is 7.11. The molecule has 3 heterocycles. The van der Waals surface area contributed by atoms with Crippen molar-refractivity contribution in [3.8, 4) is 0 Å². The normalized spacial score (nSPS) is 14.3. The van der Waals surface area contributed by atoms with Crippen LogP contribution in [-0.4, -0.2) is 56.4 Å². The topological polar surface area (TPSA) is 130 Å². The monoisotopic (exact) mass is 432 g/mol. The molecule has 2 amide bonds. The minimum atomic E-state index is -0.317. The van der Waals surface area contributed by atoms with Crippen LogP contribution in [0.15, 0.2) is 24.3 Å². The minimum absolute atomic E-state index is 0. The second-order valence-corrected chi connectivity index (χ2v) is 7.11. The van der Waals surface area contributed by atoms with E-state index < -0.39 is 0 Å². The highest BCUT2D eigenvalue weighted by Gasteiger charge is 2.21. The van der Waals surface area contributed by atoms with Crippen molar-refractivity contribution < 1.29 is 9.59 Å². The number of carbonyl (C=O) groups is 2. The number of piperidine rings is 1. The van der Waals surface area contributed by atoms with Crippen LogP contribution in [0.1, 0.15) is 41.5 Å². The molecule has 0 aliphatic carbocycles. The second kappa shape index (κ2) is 9.68. The van der Waals surface area contributed by atoms with Gasteiger partial charge in [0.1, 0.15) is 0 Å². The molecule has 4 N–H and O–H groups in total. The summed E-state index contributed by atoms with van der Waals surface area (Å²) in [6.45, 7) is 2.11. The molecule has 11 heteroatoms. The highest BCUT2D eigenvalue weighted by molar-refractivity contribution is 6.04. The Morgan fingerprint density at radius 3 is 2.80 bits per heavy atom. The maximum atomic E-state index is 12.3. The van der Waals surface area contributed by atoms with E-state index >= 15 is 0 Å². The third-order valence-electron chi connectivity index (χ3n) is 5.06. The van der Waals surface area contributed by atoms with Gasteiger partial charge in [-0.3, -0.25) is 20.0 Å². The average Bonchev–Trinajstić information content (AvgIpc) is 3.32. The Labute approximate surface area is 179 Å². The van der Waals surface area contributed by atoms with Gasteiger partial charge in [0.2, 0.25) is 11.9 Å². The van der Waals surface area contributed by atoms with Gasteiger partial charge in [0.15, 0.2) is 11.5 Å². The van der Waals surface area contributed by atoms with Gasteiger partial charge in [-0.2, -0.15) is 15.2 Å². The lowest BCUT2D eigenvalue weighted by molar-refractivity contribution is -0.116. The molecule has 30 heavy (non-hydrogen) atoms. The Bertz CT molecular complexity index is 1020. The van der Waals surface area contributed by atoms with Gasteiger partial charge >= 0.3 is 0 Å². The van der Waals surface area contributed by atoms with Crippen LogP contribution in [0.4, 0.5) is 5.95 Å². The van der Waals surface area contributed by atoms with E-state index in [0.29, 0.717) is 17.6 Å². The van der Waals surface area contributed by atoms with Gasteiger partial charge in [0.25, 0.3) is 5.91 Å². The van der Waals surface area contributed by atoms with Crippen LogP contribution in [0.5, 0.6) is 0 Å². The van der Waals surface area contributed by atoms with Gasteiger partial charge in [-0.05, 0) is 32.0 Å². The molecule has 1 aliphatic heterocycles. The molecule has 160 valence electrons. The van der Waals surface area contributed by atoms with Crippen LogP contribution in [0.25, 0.3) is 10.9 Å². The van der Waals surface area contributed by atoms with Crippen LogP contribution in [-0.2, 0) is 11.8 Å². The van der Waals surface area contributed by atoms with Crippen molar-refractivity contribution in [3.05, 3.63) is 35.8 Å². The van der Waals surface area contributed by atoms with Crippen molar-refractivity contribution in [2.24, 2.45) is 7.05 Å². The molecule has 0 saturated carbocycles. The third kappa shape index (κ3) is 4.77. The number of fused-ring (bicyclic) bond motifs is 1. The molecule has 2 aromatic heterocycles. The summed E-state index contributed by atoms with van der Waals surface area (Å²) >= 11 is 0. The number of aryl methyl sites for hydroxylation is 1. The first kappa shape index (κ1) is 21.7. The van der Waals surface area contributed by atoms with E-state index in [-0.39, 0.29) is 37.2 Å². The van der Waals surface area contributed by atoms with Crippen molar-refractivity contribution in [3.63, 3.8) is 0 Å². The fourth-order valence-corrected chi connectivity index (χ4v) is 3.46. The SMILES string of the molecule is Cl.Cn1nc(C2CCNCC2)nc1NC(=O)CCNC(=O)c1n[nH]c2ccccc12. The van der Waals surface area contributed by atoms with Crippen molar-refractivity contribution in [2.75, 3.05) is 25.0 Å². The van der Waals surface area contributed by atoms with E-state index in [0.717, 1.165) is 42.7 Å². The lowest BCUT2D eigenvalue weighted by Gasteiger charge is -2.19.